The van der Waals surface area contributed by atoms with Crippen LogP contribution in [-0.4, -0.2) is 39.4 Å². The predicted molar refractivity (Wildman–Crippen MR) is 72.1 cm³/mol. The fourth-order valence-electron chi connectivity index (χ4n) is 3.58. The molecule has 2 fully saturated rings. The van der Waals surface area contributed by atoms with E-state index in [9.17, 15) is 0 Å². The first-order chi connectivity index (χ1) is 8.84. The van der Waals surface area contributed by atoms with Crippen LogP contribution in [0.2, 0.25) is 0 Å². The van der Waals surface area contributed by atoms with Crippen molar-refractivity contribution in [1.82, 2.24) is 10.6 Å². The SMILES string of the molecule is NCC1CCNCC1CC1=CNCCC12COC2. The second kappa shape index (κ2) is 5.19. The highest BCUT2D eigenvalue weighted by atomic mass is 16.5. The Morgan fingerprint density at radius 1 is 1.33 bits per heavy atom. The molecule has 0 aromatic rings. The molecule has 18 heavy (non-hydrogen) atoms. The van der Waals surface area contributed by atoms with Gasteiger partial charge in [-0.15, -0.1) is 0 Å². The van der Waals surface area contributed by atoms with Gasteiger partial charge in [-0.1, -0.05) is 0 Å². The number of nitrogens with one attached hydrogen (secondary N) is 2. The molecule has 2 saturated heterocycles. The van der Waals surface area contributed by atoms with Crippen LogP contribution in [-0.2, 0) is 4.74 Å². The smallest absolute Gasteiger partial charge is 0.0583 e. The van der Waals surface area contributed by atoms with Crippen molar-refractivity contribution in [2.45, 2.75) is 19.3 Å². The third-order valence-electron chi connectivity index (χ3n) is 5.01. The molecule has 3 rings (SSSR count). The zero-order chi connectivity index (χ0) is 12.4. The average Bonchev–Trinajstić information content (AvgIpc) is 2.38. The molecule has 2 atom stereocenters. The van der Waals surface area contributed by atoms with Gasteiger partial charge >= 0.3 is 0 Å². The molecule has 0 aromatic heterocycles. The fraction of sp³-hybridized carbons (Fsp3) is 0.857. The van der Waals surface area contributed by atoms with Gasteiger partial charge in [0.2, 0.25) is 0 Å². The van der Waals surface area contributed by atoms with Crippen LogP contribution < -0.4 is 16.4 Å². The predicted octanol–water partition coefficient (Wildman–Crippen LogP) is 0.455. The minimum absolute atomic E-state index is 0.363. The Bertz CT molecular complexity index is 325. The van der Waals surface area contributed by atoms with Crippen molar-refractivity contribution in [3.63, 3.8) is 0 Å². The summed E-state index contributed by atoms with van der Waals surface area (Å²) in [6, 6.07) is 0. The van der Waals surface area contributed by atoms with E-state index in [1.54, 1.807) is 5.57 Å². The molecule has 3 heterocycles. The molecule has 2 unspecified atom stereocenters. The third-order valence-corrected chi connectivity index (χ3v) is 5.01. The summed E-state index contributed by atoms with van der Waals surface area (Å²) in [5.41, 5.74) is 7.86. The van der Waals surface area contributed by atoms with E-state index in [4.69, 9.17) is 10.5 Å². The molecule has 0 aromatic carbocycles. The summed E-state index contributed by atoms with van der Waals surface area (Å²) in [4.78, 5) is 0. The Hall–Kier alpha value is -0.580. The van der Waals surface area contributed by atoms with Gasteiger partial charge in [0, 0.05) is 12.0 Å². The highest BCUT2D eigenvalue weighted by Crippen LogP contribution is 2.44. The molecule has 0 amide bonds. The Balaban J connectivity index is 1.68. The molecular formula is C14H25N3O. The molecule has 3 aliphatic heterocycles. The highest BCUT2D eigenvalue weighted by molar-refractivity contribution is 5.21. The number of rotatable bonds is 3. The summed E-state index contributed by atoms with van der Waals surface area (Å²) < 4.78 is 5.48. The summed E-state index contributed by atoms with van der Waals surface area (Å²) in [6.45, 7) is 6.02. The maximum absolute atomic E-state index is 5.93. The number of hydrogen-bond acceptors (Lipinski definition) is 4. The van der Waals surface area contributed by atoms with E-state index in [2.05, 4.69) is 16.8 Å². The molecule has 4 heteroatoms. The van der Waals surface area contributed by atoms with Crippen LogP contribution in [0.25, 0.3) is 0 Å². The van der Waals surface area contributed by atoms with Crippen LogP contribution in [0.1, 0.15) is 19.3 Å². The molecule has 0 radical (unpaired) electrons. The minimum atomic E-state index is 0.363. The van der Waals surface area contributed by atoms with Crippen molar-refractivity contribution in [3.8, 4) is 0 Å². The third kappa shape index (κ3) is 2.17. The summed E-state index contributed by atoms with van der Waals surface area (Å²) >= 11 is 0. The van der Waals surface area contributed by atoms with E-state index in [1.807, 2.05) is 0 Å². The summed E-state index contributed by atoms with van der Waals surface area (Å²) in [6.07, 6.45) is 5.90. The van der Waals surface area contributed by atoms with Crippen LogP contribution >= 0.6 is 0 Å². The highest BCUT2D eigenvalue weighted by Gasteiger charge is 2.44. The van der Waals surface area contributed by atoms with E-state index in [-0.39, 0.29) is 0 Å². The van der Waals surface area contributed by atoms with Gasteiger partial charge in [-0.25, -0.2) is 0 Å². The van der Waals surface area contributed by atoms with Crippen LogP contribution in [0.15, 0.2) is 11.8 Å². The molecule has 3 aliphatic rings. The van der Waals surface area contributed by atoms with Crippen LogP contribution in [0.5, 0.6) is 0 Å². The molecule has 0 saturated carbocycles. The van der Waals surface area contributed by atoms with Crippen molar-refractivity contribution in [2.75, 3.05) is 39.4 Å². The normalized spacial score (nSPS) is 34.6. The van der Waals surface area contributed by atoms with Gasteiger partial charge in [0.05, 0.1) is 13.2 Å². The standard InChI is InChI=1S/C14H25N3O/c15-6-11-1-3-16-7-12(11)5-13-8-17-4-2-14(13)9-18-10-14/h8,11-12,16-17H,1-7,9-10,15H2. The lowest BCUT2D eigenvalue weighted by molar-refractivity contribution is -0.0983. The maximum Gasteiger partial charge on any atom is 0.0583 e. The lowest BCUT2D eigenvalue weighted by atomic mass is 9.69. The van der Waals surface area contributed by atoms with Crippen molar-refractivity contribution in [2.24, 2.45) is 23.0 Å². The Kier molecular flexibility index (Phi) is 3.59. The number of ether oxygens (including phenoxy) is 1. The van der Waals surface area contributed by atoms with E-state index >= 15 is 0 Å². The number of piperidine rings is 1. The maximum atomic E-state index is 5.93. The van der Waals surface area contributed by atoms with Crippen molar-refractivity contribution in [1.29, 1.82) is 0 Å². The topological polar surface area (TPSA) is 59.3 Å². The van der Waals surface area contributed by atoms with Gasteiger partial charge in [-0.2, -0.15) is 0 Å². The van der Waals surface area contributed by atoms with Gasteiger partial charge in [0.25, 0.3) is 0 Å². The molecule has 0 bridgehead atoms. The zero-order valence-corrected chi connectivity index (χ0v) is 11.1. The van der Waals surface area contributed by atoms with E-state index in [0.717, 1.165) is 39.4 Å². The Labute approximate surface area is 109 Å². The first kappa shape index (κ1) is 12.5. The second-order valence-electron chi connectivity index (χ2n) is 6.10. The quantitative estimate of drug-likeness (QED) is 0.682. The lowest BCUT2D eigenvalue weighted by Crippen LogP contribution is -2.50. The van der Waals surface area contributed by atoms with Crippen LogP contribution in [0.3, 0.4) is 0 Å². The molecule has 1 spiro atoms. The molecular weight excluding hydrogens is 226 g/mol. The molecule has 4 N–H and O–H groups in total. The number of hydrogen-bond donors (Lipinski definition) is 3. The van der Waals surface area contributed by atoms with Gasteiger partial charge in [0.1, 0.15) is 0 Å². The molecule has 4 nitrogen and oxygen atoms in total. The van der Waals surface area contributed by atoms with Crippen molar-refractivity contribution >= 4 is 0 Å². The molecule has 0 aliphatic carbocycles. The largest absolute Gasteiger partial charge is 0.391 e. The second-order valence-corrected chi connectivity index (χ2v) is 6.10. The van der Waals surface area contributed by atoms with E-state index in [1.165, 1.54) is 19.3 Å². The van der Waals surface area contributed by atoms with E-state index in [0.29, 0.717) is 17.3 Å². The first-order valence-electron chi connectivity index (χ1n) is 7.25. The van der Waals surface area contributed by atoms with Gasteiger partial charge in [-0.05, 0) is 62.5 Å². The average molecular weight is 251 g/mol. The monoisotopic (exact) mass is 251 g/mol. The van der Waals surface area contributed by atoms with Gasteiger partial charge in [0.15, 0.2) is 0 Å². The number of nitrogens with two attached hydrogens (primary N) is 1. The summed E-state index contributed by atoms with van der Waals surface area (Å²) in [5.74, 6) is 1.39. The van der Waals surface area contributed by atoms with Gasteiger partial charge in [-0.3, -0.25) is 0 Å². The van der Waals surface area contributed by atoms with Crippen LogP contribution in [0.4, 0.5) is 0 Å². The first-order valence-corrected chi connectivity index (χ1v) is 7.25. The van der Waals surface area contributed by atoms with Crippen LogP contribution in [0, 0.1) is 17.3 Å². The Morgan fingerprint density at radius 3 is 2.94 bits per heavy atom. The Morgan fingerprint density at radius 2 is 2.22 bits per heavy atom. The van der Waals surface area contributed by atoms with Gasteiger partial charge < -0.3 is 21.1 Å². The lowest BCUT2D eigenvalue weighted by Gasteiger charge is -2.47. The van der Waals surface area contributed by atoms with Crippen molar-refractivity contribution in [3.05, 3.63) is 11.8 Å². The minimum Gasteiger partial charge on any atom is -0.391 e. The zero-order valence-electron chi connectivity index (χ0n) is 11.1. The summed E-state index contributed by atoms with van der Waals surface area (Å²) in [7, 11) is 0. The molecule has 102 valence electrons. The van der Waals surface area contributed by atoms with E-state index < -0.39 is 0 Å². The van der Waals surface area contributed by atoms with Crippen molar-refractivity contribution < 1.29 is 4.74 Å². The fourth-order valence-corrected chi connectivity index (χ4v) is 3.58. The summed E-state index contributed by atoms with van der Waals surface area (Å²) in [5, 5.41) is 6.93.